The molecule has 0 bridgehead atoms. The minimum Gasteiger partial charge on any atom is -0.385 e. The van der Waals surface area contributed by atoms with E-state index in [1.165, 1.54) is 6.42 Å². The fraction of sp³-hybridized carbons (Fsp3) is 0.632. The summed E-state index contributed by atoms with van der Waals surface area (Å²) in [6, 6.07) is 12.6. The third kappa shape index (κ3) is 2.55. The third-order valence-corrected chi connectivity index (χ3v) is 5.84. The summed E-state index contributed by atoms with van der Waals surface area (Å²) in [5.41, 5.74) is -0.0371. The van der Waals surface area contributed by atoms with E-state index in [9.17, 15) is 10.4 Å². The van der Waals surface area contributed by atoms with Crippen molar-refractivity contribution in [3.63, 3.8) is 0 Å². The molecule has 1 heterocycles. The number of nitriles is 1. The average molecular weight is 298 g/mol. The number of hydrogen-bond donors (Lipinski definition) is 1. The molecule has 22 heavy (non-hydrogen) atoms. The van der Waals surface area contributed by atoms with Gasteiger partial charge in [-0.1, -0.05) is 56.5 Å². The Labute approximate surface area is 133 Å². The van der Waals surface area contributed by atoms with Gasteiger partial charge in [0.15, 0.2) is 0 Å². The molecule has 1 aromatic carbocycles. The summed E-state index contributed by atoms with van der Waals surface area (Å²) in [6.45, 7) is 3.73. The van der Waals surface area contributed by atoms with Crippen LogP contribution >= 0.6 is 0 Å². The number of benzene rings is 1. The molecule has 3 rings (SSSR count). The molecule has 1 saturated carbocycles. The lowest BCUT2D eigenvalue weighted by molar-refractivity contribution is -0.0922. The molecule has 1 saturated heterocycles. The van der Waals surface area contributed by atoms with Gasteiger partial charge in [0.05, 0.1) is 11.7 Å². The van der Waals surface area contributed by atoms with Crippen molar-refractivity contribution < 1.29 is 5.11 Å². The minimum atomic E-state index is -0.761. The molecule has 1 N–H and O–H groups in total. The van der Waals surface area contributed by atoms with Gasteiger partial charge in [-0.15, -0.1) is 0 Å². The molecule has 0 radical (unpaired) electrons. The maximum atomic E-state index is 11.2. The zero-order valence-corrected chi connectivity index (χ0v) is 13.5. The Hall–Kier alpha value is -1.37. The SMILES string of the molecule is C[C@H]1CN(C2(C#N)CCCCC2)CC[C@]1(O)c1ccccc1. The standard InChI is InChI=1S/C19H26N2O/c1-16-14-21(18(15-20)10-6-3-7-11-18)13-12-19(16,22)17-8-4-2-5-9-17/h2,4-5,8-9,16,22H,3,6-7,10-14H2,1H3/t16-,19+/m0/s1. The molecule has 2 atom stereocenters. The van der Waals surface area contributed by atoms with E-state index in [0.717, 1.165) is 44.3 Å². The molecule has 2 aliphatic rings. The summed E-state index contributed by atoms with van der Waals surface area (Å²) in [4.78, 5) is 2.36. The Balaban J connectivity index is 1.79. The Kier molecular flexibility index (Phi) is 4.25. The van der Waals surface area contributed by atoms with Crippen LogP contribution in [0.4, 0.5) is 0 Å². The van der Waals surface area contributed by atoms with E-state index in [0.29, 0.717) is 6.42 Å². The van der Waals surface area contributed by atoms with Gasteiger partial charge in [0.2, 0.25) is 0 Å². The molecular weight excluding hydrogens is 272 g/mol. The van der Waals surface area contributed by atoms with Crippen LogP contribution in [0.5, 0.6) is 0 Å². The highest BCUT2D eigenvalue weighted by atomic mass is 16.3. The molecule has 1 aromatic rings. The van der Waals surface area contributed by atoms with Gasteiger partial charge in [-0.25, -0.2) is 0 Å². The van der Waals surface area contributed by atoms with E-state index in [1.807, 2.05) is 30.3 Å². The molecule has 118 valence electrons. The van der Waals surface area contributed by atoms with Crippen molar-refractivity contribution in [1.29, 1.82) is 5.26 Å². The second-order valence-corrected chi connectivity index (χ2v) is 7.09. The first-order chi connectivity index (χ1) is 10.6. The van der Waals surface area contributed by atoms with E-state index in [2.05, 4.69) is 17.9 Å². The van der Waals surface area contributed by atoms with E-state index in [-0.39, 0.29) is 11.5 Å². The molecule has 2 fully saturated rings. The van der Waals surface area contributed by atoms with Gasteiger partial charge in [0, 0.05) is 19.0 Å². The fourth-order valence-corrected chi connectivity index (χ4v) is 4.30. The molecule has 0 amide bonds. The van der Waals surface area contributed by atoms with E-state index in [4.69, 9.17) is 0 Å². The van der Waals surface area contributed by atoms with Gasteiger partial charge in [0.25, 0.3) is 0 Å². The van der Waals surface area contributed by atoms with Crippen LogP contribution in [0.3, 0.4) is 0 Å². The highest BCUT2D eigenvalue weighted by molar-refractivity contribution is 5.25. The van der Waals surface area contributed by atoms with Crippen molar-refractivity contribution >= 4 is 0 Å². The van der Waals surface area contributed by atoms with Crippen molar-refractivity contribution in [2.24, 2.45) is 5.92 Å². The molecule has 0 spiro atoms. The number of hydrogen-bond acceptors (Lipinski definition) is 3. The Morgan fingerprint density at radius 2 is 1.82 bits per heavy atom. The number of nitrogens with zero attached hydrogens (tertiary/aromatic N) is 2. The number of rotatable bonds is 2. The summed E-state index contributed by atoms with van der Waals surface area (Å²) in [6.07, 6.45) is 6.24. The summed E-state index contributed by atoms with van der Waals surface area (Å²) in [5, 5.41) is 20.9. The van der Waals surface area contributed by atoms with Crippen LogP contribution in [-0.4, -0.2) is 28.6 Å². The maximum absolute atomic E-state index is 11.2. The van der Waals surface area contributed by atoms with Gasteiger partial charge in [-0.05, 0) is 24.8 Å². The predicted molar refractivity (Wildman–Crippen MR) is 87.1 cm³/mol. The Morgan fingerprint density at radius 3 is 2.41 bits per heavy atom. The van der Waals surface area contributed by atoms with Crippen LogP contribution in [0.1, 0.15) is 51.0 Å². The normalized spacial score (nSPS) is 32.3. The van der Waals surface area contributed by atoms with E-state index >= 15 is 0 Å². The number of likely N-dealkylation sites (tertiary alicyclic amines) is 1. The summed E-state index contributed by atoms with van der Waals surface area (Å²) >= 11 is 0. The van der Waals surface area contributed by atoms with Gasteiger partial charge < -0.3 is 5.11 Å². The van der Waals surface area contributed by atoms with E-state index < -0.39 is 5.60 Å². The molecule has 0 unspecified atom stereocenters. The Bertz CT molecular complexity index is 544. The minimum absolute atomic E-state index is 0.135. The summed E-state index contributed by atoms with van der Waals surface area (Å²) in [7, 11) is 0. The molecule has 3 nitrogen and oxygen atoms in total. The maximum Gasteiger partial charge on any atom is 0.109 e. The van der Waals surface area contributed by atoms with Crippen molar-refractivity contribution in [2.45, 2.75) is 56.6 Å². The lowest BCUT2D eigenvalue weighted by atomic mass is 9.73. The van der Waals surface area contributed by atoms with E-state index in [1.54, 1.807) is 0 Å². The van der Waals surface area contributed by atoms with Crippen molar-refractivity contribution in [1.82, 2.24) is 4.90 Å². The van der Waals surface area contributed by atoms with Crippen LogP contribution in [0.15, 0.2) is 30.3 Å². The molecule has 3 heteroatoms. The second-order valence-electron chi connectivity index (χ2n) is 7.09. The first kappa shape index (κ1) is 15.5. The fourth-order valence-electron chi connectivity index (χ4n) is 4.30. The lowest BCUT2D eigenvalue weighted by Crippen LogP contribution is -2.58. The number of piperidine rings is 1. The Morgan fingerprint density at radius 1 is 1.14 bits per heavy atom. The van der Waals surface area contributed by atoms with Gasteiger partial charge >= 0.3 is 0 Å². The highest BCUT2D eigenvalue weighted by Gasteiger charge is 2.46. The largest absolute Gasteiger partial charge is 0.385 e. The smallest absolute Gasteiger partial charge is 0.109 e. The average Bonchev–Trinajstić information content (AvgIpc) is 2.59. The monoisotopic (exact) mass is 298 g/mol. The molecule has 1 aliphatic carbocycles. The quantitative estimate of drug-likeness (QED) is 0.910. The van der Waals surface area contributed by atoms with Crippen LogP contribution < -0.4 is 0 Å². The lowest BCUT2D eigenvalue weighted by Gasteiger charge is -2.50. The summed E-state index contributed by atoms with van der Waals surface area (Å²) < 4.78 is 0. The highest BCUT2D eigenvalue weighted by Crippen LogP contribution is 2.42. The van der Waals surface area contributed by atoms with Crippen LogP contribution in [-0.2, 0) is 5.60 Å². The molecular formula is C19H26N2O. The topological polar surface area (TPSA) is 47.3 Å². The number of aliphatic hydroxyl groups is 1. The zero-order chi connectivity index (χ0) is 15.6. The predicted octanol–water partition coefficient (Wildman–Crippen LogP) is 3.44. The van der Waals surface area contributed by atoms with Crippen molar-refractivity contribution in [3.8, 4) is 6.07 Å². The molecule has 1 aliphatic heterocycles. The van der Waals surface area contributed by atoms with Gasteiger partial charge in [-0.2, -0.15) is 5.26 Å². The third-order valence-electron chi connectivity index (χ3n) is 5.84. The van der Waals surface area contributed by atoms with Crippen LogP contribution in [0, 0.1) is 17.2 Å². The van der Waals surface area contributed by atoms with Gasteiger partial charge in [0.1, 0.15) is 5.54 Å². The van der Waals surface area contributed by atoms with Crippen molar-refractivity contribution in [2.75, 3.05) is 13.1 Å². The first-order valence-corrected chi connectivity index (χ1v) is 8.55. The second kappa shape index (κ2) is 6.02. The summed E-state index contributed by atoms with van der Waals surface area (Å²) in [5.74, 6) is 0.135. The van der Waals surface area contributed by atoms with Crippen LogP contribution in [0.2, 0.25) is 0 Å². The molecule has 0 aromatic heterocycles. The first-order valence-electron chi connectivity index (χ1n) is 8.55. The van der Waals surface area contributed by atoms with Gasteiger partial charge in [-0.3, -0.25) is 4.90 Å². The van der Waals surface area contributed by atoms with Crippen molar-refractivity contribution in [3.05, 3.63) is 35.9 Å². The van der Waals surface area contributed by atoms with Crippen LogP contribution in [0.25, 0.3) is 0 Å². The zero-order valence-electron chi connectivity index (χ0n) is 13.5.